The fourth-order valence-electron chi connectivity index (χ4n) is 3.02. The SMILES string of the molecule is Cc1cc(N)cc([C@H]2CN(CC(=O)N3CCOCC3)CCO2)n1. The lowest BCUT2D eigenvalue weighted by Crippen LogP contribution is -2.48. The van der Waals surface area contributed by atoms with Gasteiger partial charge in [0.1, 0.15) is 6.10 Å². The largest absolute Gasteiger partial charge is 0.399 e. The first-order valence-corrected chi connectivity index (χ1v) is 8.05. The van der Waals surface area contributed by atoms with Crippen molar-refractivity contribution in [2.24, 2.45) is 0 Å². The molecule has 0 aliphatic carbocycles. The number of anilines is 1. The van der Waals surface area contributed by atoms with Gasteiger partial charge in [0.15, 0.2) is 0 Å². The fourth-order valence-corrected chi connectivity index (χ4v) is 3.02. The molecule has 2 N–H and O–H groups in total. The zero-order valence-corrected chi connectivity index (χ0v) is 13.5. The highest BCUT2D eigenvalue weighted by atomic mass is 16.5. The number of nitrogen functional groups attached to an aromatic ring is 1. The summed E-state index contributed by atoms with van der Waals surface area (Å²) in [6.45, 7) is 6.97. The quantitative estimate of drug-likeness (QED) is 0.857. The van der Waals surface area contributed by atoms with E-state index < -0.39 is 0 Å². The van der Waals surface area contributed by atoms with E-state index in [1.54, 1.807) is 0 Å². The number of aromatic nitrogens is 1. The Balaban J connectivity index is 1.60. The second-order valence-electron chi connectivity index (χ2n) is 6.05. The Morgan fingerprint density at radius 3 is 2.83 bits per heavy atom. The van der Waals surface area contributed by atoms with Crippen LogP contribution in [0.2, 0.25) is 0 Å². The molecule has 3 rings (SSSR count). The van der Waals surface area contributed by atoms with Crippen LogP contribution in [0.15, 0.2) is 12.1 Å². The predicted molar refractivity (Wildman–Crippen MR) is 85.9 cm³/mol. The van der Waals surface area contributed by atoms with Crippen LogP contribution < -0.4 is 5.73 Å². The Hall–Kier alpha value is -1.70. The zero-order chi connectivity index (χ0) is 16.2. The molecule has 0 spiro atoms. The number of pyridine rings is 1. The molecular formula is C16H24N4O3. The maximum Gasteiger partial charge on any atom is 0.236 e. The number of nitrogens with zero attached hydrogens (tertiary/aromatic N) is 3. The molecule has 126 valence electrons. The third-order valence-electron chi connectivity index (χ3n) is 4.20. The fraction of sp³-hybridized carbons (Fsp3) is 0.625. The molecular weight excluding hydrogens is 296 g/mol. The molecule has 3 heterocycles. The van der Waals surface area contributed by atoms with E-state index >= 15 is 0 Å². The lowest BCUT2D eigenvalue weighted by molar-refractivity contribution is -0.138. The monoisotopic (exact) mass is 320 g/mol. The van der Waals surface area contributed by atoms with Gasteiger partial charge in [-0.05, 0) is 19.1 Å². The van der Waals surface area contributed by atoms with E-state index in [0.717, 1.165) is 17.9 Å². The van der Waals surface area contributed by atoms with Crippen LogP contribution >= 0.6 is 0 Å². The minimum atomic E-state index is -0.136. The highest BCUT2D eigenvalue weighted by molar-refractivity contribution is 5.78. The molecule has 0 saturated carbocycles. The van der Waals surface area contributed by atoms with Gasteiger partial charge >= 0.3 is 0 Å². The summed E-state index contributed by atoms with van der Waals surface area (Å²) in [6.07, 6.45) is -0.136. The van der Waals surface area contributed by atoms with Crippen molar-refractivity contribution in [1.29, 1.82) is 0 Å². The maximum atomic E-state index is 12.4. The minimum Gasteiger partial charge on any atom is -0.399 e. The topological polar surface area (TPSA) is 80.9 Å². The van der Waals surface area contributed by atoms with Gasteiger partial charge in [0, 0.05) is 37.6 Å². The molecule has 2 fully saturated rings. The molecule has 1 aromatic rings. The molecule has 0 radical (unpaired) electrons. The van der Waals surface area contributed by atoms with E-state index in [4.69, 9.17) is 15.2 Å². The van der Waals surface area contributed by atoms with Gasteiger partial charge < -0.3 is 20.1 Å². The number of nitrogens with two attached hydrogens (primary N) is 1. The molecule has 1 atom stereocenters. The average Bonchev–Trinajstić information content (AvgIpc) is 2.55. The Morgan fingerprint density at radius 1 is 1.30 bits per heavy atom. The number of ether oxygens (including phenoxy) is 2. The summed E-state index contributed by atoms with van der Waals surface area (Å²) in [7, 11) is 0. The molecule has 0 aromatic carbocycles. The van der Waals surface area contributed by atoms with Crippen molar-refractivity contribution in [3.8, 4) is 0 Å². The van der Waals surface area contributed by atoms with Gasteiger partial charge in [-0.2, -0.15) is 0 Å². The van der Waals surface area contributed by atoms with Crippen molar-refractivity contribution in [3.63, 3.8) is 0 Å². The summed E-state index contributed by atoms with van der Waals surface area (Å²) >= 11 is 0. The molecule has 1 aromatic heterocycles. The Morgan fingerprint density at radius 2 is 2.09 bits per heavy atom. The molecule has 2 saturated heterocycles. The second-order valence-corrected chi connectivity index (χ2v) is 6.05. The number of amides is 1. The molecule has 2 aliphatic heterocycles. The molecule has 1 amide bonds. The third-order valence-corrected chi connectivity index (χ3v) is 4.20. The summed E-state index contributed by atoms with van der Waals surface area (Å²) in [5.74, 6) is 0.158. The molecule has 7 heteroatoms. The maximum absolute atomic E-state index is 12.4. The predicted octanol–water partition coefficient (Wildman–Crippen LogP) is 0.204. The highest BCUT2D eigenvalue weighted by Gasteiger charge is 2.26. The molecule has 23 heavy (non-hydrogen) atoms. The summed E-state index contributed by atoms with van der Waals surface area (Å²) in [5, 5.41) is 0. The normalized spacial score (nSPS) is 23.0. The van der Waals surface area contributed by atoms with Crippen molar-refractivity contribution in [2.75, 3.05) is 58.3 Å². The van der Waals surface area contributed by atoms with Crippen molar-refractivity contribution >= 4 is 11.6 Å². The lowest BCUT2D eigenvalue weighted by Gasteiger charge is -2.34. The van der Waals surface area contributed by atoms with E-state index in [9.17, 15) is 4.79 Å². The first-order valence-electron chi connectivity index (χ1n) is 8.05. The number of carbonyl (C=O) groups excluding carboxylic acids is 1. The van der Waals surface area contributed by atoms with Gasteiger partial charge in [0.2, 0.25) is 5.91 Å². The first-order chi connectivity index (χ1) is 11.1. The van der Waals surface area contributed by atoms with Crippen LogP contribution in [0.25, 0.3) is 0 Å². The van der Waals surface area contributed by atoms with Gasteiger partial charge in [0.25, 0.3) is 0 Å². The molecule has 0 unspecified atom stereocenters. The van der Waals surface area contributed by atoms with Gasteiger partial charge in [-0.1, -0.05) is 0 Å². The summed E-state index contributed by atoms with van der Waals surface area (Å²) in [4.78, 5) is 20.9. The van der Waals surface area contributed by atoms with E-state index in [0.29, 0.717) is 51.7 Å². The van der Waals surface area contributed by atoms with Gasteiger partial charge in [-0.15, -0.1) is 0 Å². The van der Waals surface area contributed by atoms with Crippen LogP contribution in [-0.4, -0.2) is 73.2 Å². The van der Waals surface area contributed by atoms with E-state index in [-0.39, 0.29) is 12.0 Å². The lowest BCUT2D eigenvalue weighted by atomic mass is 10.1. The summed E-state index contributed by atoms with van der Waals surface area (Å²) in [6, 6.07) is 3.69. The Kier molecular flexibility index (Phi) is 5.09. The number of rotatable bonds is 3. The van der Waals surface area contributed by atoms with Crippen LogP contribution in [-0.2, 0) is 14.3 Å². The Bertz CT molecular complexity index is 540. The van der Waals surface area contributed by atoms with Crippen molar-refractivity contribution in [1.82, 2.24) is 14.8 Å². The van der Waals surface area contributed by atoms with Crippen molar-refractivity contribution in [2.45, 2.75) is 13.0 Å². The molecule has 2 aliphatic rings. The summed E-state index contributed by atoms with van der Waals surface area (Å²) < 4.78 is 11.1. The molecule has 0 bridgehead atoms. The minimum absolute atomic E-state index is 0.136. The van der Waals surface area contributed by atoms with Crippen molar-refractivity contribution in [3.05, 3.63) is 23.5 Å². The zero-order valence-electron chi connectivity index (χ0n) is 13.5. The molecule has 7 nitrogen and oxygen atoms in total. The van der Waals surface area contributed by atoms with Crippen LogP contribution in [0.5, 0.6) is 0 Å². The Labute approximate surface area is 136 Å². The van der Waals surface area contributed by atoms with E-state index in [1.165, 1.54) is 0 Å². The van der Waals surface area contributed by atoms with Gasteiger partial charge in [0.05, 0.1) is 32.1 Å². The van der Waals surface area contributed by atoms with Gasteiger partial charge in [-0.25, -0.2) is 0 Å². The highest BCUT2D eigenvalue weighted by Crippen LogP contribution is 2.22. The van der Waals surface area contributed by atoms with Crippen LogP contribution in [0.4, 0.5) is 5.69 Å². The van der Waals surface area contributed by atoms with Crippen LogP contribution in [0.1, 0.15) is 17.5 Å². The van der Waals surface area contributed by atoms with Crippen LogP contribution in [0, 0.1) is 6.92 Å². The van der Waals surface area contributed by atoms with Gasteiger partial charge in [-0.3, -0.25) is 14.7 Å². The standard InChI is InChI=1S/C16H24N4O3/c1-12-8-13(17)9-14(18-12)15-10-19(2-7-23-15)11-16(21)20-3-5-22-6-4-20/h8-9,15H,2-7,10-11H2,1H3,(H2,17,18)/t15-/m1/s1. The van der Waals surface area contributed by atoms with E-state index in [1.807, 2.05) is 24.0 Å². The first kappa shape index (κ1) is 16.2. The summed E-state index contributed by atoms with van der Waals surface area (Å²) in [5.41, 5.74) is 8.31. The van der Waals surface area contributed by atoms with E-state index in [2.05, 4.69) is 9.88 Å². The number of hydrogen-bond donors (Lipinski definition) is 1. The van der Waals surface area contributed by atoms with Crippen molar-refractivity contribution < 1.29 is 14.3 Å². The number of hydrogen-bond acceptors (Lipinski definition) is 6. The number of morpholine rings is 2. The number of aryl methyl sites for hydroxylation is 1. The smallest absolute Gasteiger partial charge is 0.236 e. The van der Waals surface area contributed by atoms with Crippen LogP contribution in [0.3, 0.4) is 0 Å². The second kappa shape index (κ2) is 7.25. The number of carbonyl (C=O) groups is 1. The average molecular weight is 320 g/mol. The third kappa shape index (κ3) is 4.19.